The molecule has 0 spiro atoms. The van der Waals surface area contributed by atoms with Gasteiger partial charge in [0.2, 0.25) is 0 Å². The number of nitrogens with zero attached hydrogens (tertiary/aromatic N) is 3. The van der Waals surface area contributed by atoms with E-state index in [1.54, 1.807) is 6.20 Å². The highest BCUT2D eigenvalue weighted by Crippen LogP contribution is 2.27. The van der Waals surface area contributed by atoms with Crippen LogP contribution in [0.25, 0.3) is 0 Å². The third-order valence-corrected chi connectivity index (χ3v) is 5.01. The quantitative estimate of drug-likeness (QED) is 0.933. The fourth-order valence-electron chi connectivity index (χ4n) is 3.64. The number of fused-ring (bicyclic) bond motifs is 1. The Morgan fingerprint density at radius 2 is 2.20 bits per heavy atom. The van der Waals surface area contributed by atoms with E-state index >= 15 is 0 Å². The van der Waals surface area contributed by atoms with Crippen molar-refractivity contribution in [2.75, 3.05) is 30.0 Å². The second-order valence-electron chi connectivity index (χ2n) is 6.80. The van der Waals surface area contributed by atoms with Gasteiger partial charge in [-0.25, -0.2) is 9.48 Å². The number of benzene rings is 1. The molecular weight excluding hydrogens is 316 g/mol. The van der Waals surface area contributed by atoms with Crippen LogP contribution in [-0.4, -0.2) is 35.6 Å². The van der Waals surface area contributed by atoms with Gasteiger partial charge in [0.25, 0.3) is 0 Å². The van der Waals surface area contributed by atoms with Gasteiger partial charge < -0.3 is 4.74 Å². The minimum Gasteiger partial charge on any atom is -0.381 e. The number of rotatable bonds is 3. The van der Waals surface area contributed by atoms with Crippen molar-refractivity contribution in [2.24, 2.45) is 5.92 Å². The molecule has 3 heterocycles. The third kappa shape index (κ3) is 3.54. The lowest BCUT2D eigenvalue weighted by Crippen LogP contribution is -2.36. The van der Waals surface area contributed by atoms with Gasteiger partial charge in [-0.05, 0) is 37.3 Å². The van der Waals surface area contributed by atoms with Crippen molar-refractivity contribution in [1.82, 2.24) is 9.78 Å². The molecule has 1 fully saturated rings. The summed E-state index contributed by atoms with van der Waals surface area (Å²) < 4.78 is 7.31. The van der Waals surface area contributed by atoms with Crippen LogP contribution in [0.2, 0.25) is 0 Å². The van der Waals surface area contributed by atoms with Gasteiger partial charge in [-0.1, -0.05) is 18.2 Å². The lowest BCUT2D eigenvalue weighted by molar-refractivity contribution is 0.181. The number of anilines is 2. The first-order valence-corrected chi connectivity index (χ1v) is 9.07. The van der Waals surface area contributed by atoms with E-state index < -0.39 is 0 Å². The van der Waals surface area contributed by atoms with Crippen LogP contribution in [0.5, 0.6) is 0 Å². The van der Waals surface area contributed by atoms with Crippen LogP contribution in [0, 0.1) is 5.92 Å². The molecule has 25 heavy (non-hydrogen) atoms. The van der Waals surface area contributed by atoms with E-state index in [4.69, 9.17) is 4.74 Å². The molecular formula is C19H24N4O2. The van der Waals surface area contributed by atoms with Crippen LogP contribution in [0.4, 0.5) is 16.3 Å². The molecule has 1 atom stereocenters. The van der Waals surface area contributed by atoms with Crippen molar-refractivity contribution in [3.8, 4) is 0 Å². The van der Waals surface area contributed by atoms with E-state index in [2.05, 4.69) is 16.5 Å². The fraction of sp³-hybridized carbons (Fsp3) is 0.474. The van der Waals surface area contributed by atoms with Gasteiger partial charge in [0, 0.05) is 37.4 Å². The predicted molar refractivity (Wildman–Crippen MR) is 96.9 cm³/mol. The Bertz CT molecular complexity index is 737. The first-order chi connectivity index (χ1) is 12.3. The summed E-state index contributed by atoms with van der Waals surface area (Å²) in [5.41, 5.74) is 2.26. The minimum absolute atomic E-state index is 0.0845. The molecule has 0 radical (unpaired) electrons. The van der Waals surface area contributed by atoms with E-state index in [9.17, 15) is 4.79 Å². The zero-order valence-corrected chi connectivity index (χ0v) is 14.4. The number of amides is 2. The number of aryl methyl sites for hydroxylation is 1. The lowest BCUT2D eigenvalue weighted by Gasteiger charge is -2.23. The van der Waals surface area contributed by atoms with Crippen molar-refractivity contribution in [3.05, 3.63) is 42.1 Å². The van der Waals surface area contributed by atoms with Crippen molar-refractivity contribution >= 4 is 17.5 Å². The maximum absolute atomic E-state index is 12.9. The van der Waals surface area contributed by atoms with Crippen LogP contribution in [-0.2, 0) is 17.7 Å². The van der Waals surface area contributed by atoms with Gasteiger partial charge in [0.15, 0.2) is 0 Å². The van der Waals surface area contributed by atoms with Crippen molar-refractivity contribution in [3.63, 3.8) is 0 Å². The highest BCUT2D eigenvalue weighted by Gasteiger charge is 2.23. The van der Waals surface area contributed by atoms with E-state index in [1.807, 2.05) is 33.8 Å². The van der Waals surface area contributed by atoms with Gasteiger partial charge >= 0.3 is 6.03 Å². The lowest BCUT2D eigenvalue weighted by atomic mass is 10.1. The SMILES string of the molecule is O=C(Nc1ccnn1CC1CCOC1)N1CCCCc2ccccc21. The number of ether oxygens (including phenoxy) is 1. The summed E-state index contributed by atoms with van der Waals surface area (Å²) in [4.78, 5) is 14.8. The Labute approximate surface area is 147 Å². The zero-order chi connectivity index (χ0) is 17.1. The molecule has 1 aromatic carbocycles. The molecule has 6 nitrogen and oxygen atoms in total. The average molecular weight is 340 g/mol. The maximum Gasteiger partial charge on any atom is 0.327 e. The van der Waals surface area contributed by atoms with Crippen molar-refractivity contribution < 1.29 is 9.53 Å². The van der Waals surface area contributed by atoms with Gasteiger partial charge in [0.1, 0.15) is 5.82 Å². The molecule has 1 unspecified atom stereocenters. The van der Waals surface area contributed by atoms with Crippen molar-refractivity contribution in [1.29, 1.82) is 0 Å². The van der Waals surface area contributed by atoms with Gasteiger partial charge in [-0.15, -0.1) is 0 Å². The van der Waals surface area contributed by atoms with Crippen LogP contribution < -0.4 is 10.2 Å². The van der Waals surface area contributed by atoms with Crippen LogP contribution >= 0.6 is 0 Å². The Balaban J connectivity index is 1.50. The summed E-state index contributed by atoms with van der Waals surface area (Å²) >= 11 is 0. The topological polar surface area (TPSA) is 59.4 Å². The molecule has 2 aromatic rings. The van der Waals surface area contributed by atoms with Crippen molar-refractivity contribution in [2.45, 2.75) is 32.2 Å². The zero-order valence-electron chi connectivity index (χ0n) is 14.4. The standard InChI is InChI=1S/C19H24N4O2/c24-19(22-11-4-3-6-16-5-1-2-7-17(16)22)21-18-8-10-20-23(18)13-15-9-12-25-14-15/h1-2,5,7-8,10,15H,3-4,6,9,11-14H2,(H,21,24). The first-order valence-electron chi connectivity index (χ1n) is 9.07. The highest BCUT2D eigenvalue weighted by molar-refractivity contribution is 6.01. The number of aromatic nitrogens is 2. The summed E-state index contributed by atoms with van der Waals surface area (Å²) in [6.45, 7) is 3.11. The number of urea groups is 1. The molecule has 1 aromatic heterocycles. The third-order valence-electron chi connectivity index (χ3n) is 5.01. The molecule has 1 N–H and O–H groups in total. The maximum atomic E-state index is 12.9. The second kappa shape index (κ2) is 7.27. The molecule has 6 heteroatoms. The number of nitrogens with one attached hydrogen (secondary N) is 1. The number of carbonyl (C=O) groups is 1. The van der Waals surface area contributed by atoms with E-state index in [0.29, 0.717) is 5.92 Å². The first kappa shape index (κ1) is 16.1. The number of hydrogen-bond acceptors (Lipinski definition) is 3. The molecule has 2 aliphatic heterocycles. The Morgan fingerprint density at radius 1 is 1.28 bits per heavy atom. The van der Waals surface area contributed by atoms with Gasteiger partial charge in [-0.2, -0.15) is 5.10 Å². The van der Waals surface area contributed by atoms with E-state index in [1.165, 1.54) is 5.56 Å². The molecule has 132 valence electrons. The average Bonchev–Trinajstić information content (AvgIpc) is 3.23. The van der Waals surface area contributed by atoms with E-state index in [0.717, 1.165) is 63.5 Å². The summed E-state index contributed by atoms with van der Waals surface area (Å²) in [6, 6.07) is 9.96. The number of para-hydroxylation sites is 1. The van der Waals surface area contributed by atoms with Crippen LogP contribution in [0.15, 0.2) is 36.5 Å². The molecule has 0 saturated carbocycles. The summed E-state index contributed by atoms with van der Waals surface area (Å²) in [7, 11) is 0. The summed E-state index contributed by atoms with van der Waals surface area (Å²) in [5.74, 6) is 1.22. The molecule has 2 aliphatic rings. The largest absolute Gasteiger partial charge is 0.381 e. The molecule has 4 rings (SSSR count). The number of hydrogen-bond donors (Lipinski definition) is 1. The second-order valence-corrected chi connectivity index (χ2v) is 6.80. The van der Waals surface area contributed by atoms with E-state index in [-0.39, 0.29) is 6.03 Å². The molecule has 0 bridgehead atoms. The fourth-order valence-corrected chi connectivity index (χ4v) is 3.64. The highest BCUT2D eigenvalue weighted by atomic mass is 16.5. The van der Waals surface area contributed by atoms with Gasteiger partial charge in [0.05, 0.1) is 12.8 Å². The minimum atomic E-state index is -0.0845. The summed E-state index contributed by atoms with van der Waals surface area (Å²) in [5, 5.41) is 7.42. The normalized spacial score (nSPS) is 20.2. The number of carbonyl (C=O) groups excluding carboxylic acids is 1. The molecule has 1 saturated heterocycles. The molecule has 2 amide bonds. The van der Waals surface area contributed by atoms with Crippen LogP contribution in [0.1, 0.15) is 24.8 Å². The van der Waals surface area contributed by atoms with Crippen LogP contribution in [0.3, 0.4) is 0 Å². The summed E-state index contributed by atoms with van der Waals surface area (Å²) in [6.07, 6.45) is 5.94. The Hall–Kier alpha value is -2.34. The predicted octanol–water partition coefficient (Wildman–Crippen LogP) is 3.29. The van der Waals surface area contributed by atoms with Gasteiger partial charge in [-0.3, -0.25) is 10.2 Å². The Kier molecular flexibility index (Phi) is 4.70. The Morgan fingerprint density at radius 3 is 3.08 bits per heavy atom. The monoisotopic (exact) mass is 340 g/mol. The molecule has 0 aliphatic carbocycles. The smallest absolute Gasteiger partial charge is 0.327 e.